The molecule has 0 fully saturated rings. The summed E-state index contributed by atoms with van der Waals surface area (Å²) in [5, 5.41) is 8.87. The van der Waals surface area contributed by atoms with Crippen molar-refractivity contribution in [1.29, 1.82) is 0 Å². The molecule has 0 aromatic heterocycles. The van der Waals surface area contributed by atoms with Crippen molar-refractivity contribution >= 4 is 12.3 Å². The summed E-state index contributed by atoms with van der Waals surface area (Å²) >= 11 is 0. The Labute approximate surface area is 93.3 Å². The van der Waals surface area contributed by atoms with E-state index >= 15 is 0 Å². The second-order valence-corrected chi connectivity index (χ2v) is 3.46. The summed E-state index contributed by atoms with van der Waals surface area (Å²) in [6.07, 6.45) is 7.72. The van der Waals surface area contributed by atoms with Gasteiger partial charge in [0.1, 0.15) is 6.04 Å². The number of rotatable bonds is 3. The largest absolute Gasteiger partial charge is 0.471 e. The number of nitrogens with zero attached hydrogens (tertiary/aromatic N) is 1. The molecule has 16 heavy (non-hydrogen) atoms. The van der Waals surface area contributed by atoms with Crippen LogP contribution in [-0.2, 0) is 14.3 Å². The first-order valence-corrected chi connectivity index (χ1v) is 4.95. The van der Waals surface area contributed by atoms with Crippen LogP contribution >= 0.6 is 0 Å². The minimum Gasteiger partial charge on any atom is -0.471 e. The molecule has 1 atom stereocenters. The van der Waals surface area contributed by atoms with Crippen molar-refractivity contribution in [3.63, 3.8) is 0 Å². The number of hydrogen-bond acceptors (Lipinski definition) is 4. The topological polar surface area (TPSA) is 58.8 Å². The highest BCUT2D eigenvalue weighted by Gasteiger charge is 2.34. The molecule has 0 saturated heterocycles. The Balaban J connectivity index is 2.06. The van der Waals surface area contributed by atoms with Gasteiger partial charge < -0.3 is 14.6 Å². The van der Waals surface area contributed by atoms with Gasteiger partial charge in [0, 0.05) is 13.2 Å². The summed E-state index contributed by atoms with van der Waals surface area (Å²) in [5.41, 5.74) is 0. The molecular formula is C11H13NO4. The standard InChI is InChI=1S/C11H13NO4/c1-15-9-4-2-8(3-5-9)12-7-16-10(6-13)11(12)14/h2-5,7,9-10,13H,6H2,1H3. The molecule has 1 aliphatic heterocycles. The maximum absolute atomic E-state index is 11.7. The quantitative estimate of drug-likeness (QED) is 0.523. The molecule has 0 bridgehead atoms. The smallest absolute Gasteiger partial charge is 0.372 e. The Morgan fingerprint density at radius 3 is 2.75 bits per heavy atom. The average Bonchev–Trinajstić information content (AvgIpc) is 2.70. The summed E-state index contributed by atoms with van der Waals surface area (Å²) in [5.74, 6) is -0.261. The van der Waals surface area contributed by atoms with Gasteiger partial charge in [-0.2, -0.15) is 4.58 Å². The van der Waals surface area contributed by atoms with Crippen molar-refractivity contribution in [3.8, 4) is 0 Å². The van der Waals surface area contributed by atoms with E-state index in [2.05, 4.69) is 0 Å². The summed E-state index contributed by atoms with van der Waals surface area (Å²) < 4.78 is 11.5. The number of hydrogen-bond donors (Lipinski definition) is 1. The molecule has 1 N–H and O–H groups in total. The van der Waals surface area contributed by atoms with Crippen LogP contribution in [0.1, 0.15) is 0 Å². The predicted molar refractivity (Wildman–Crippen MR) is 55.6 cm³/mol. The third kappa shape index (κ3) is 1.87. The second kappa shape index (κ2) is 4.51. The molecule has 1 unspecified atom stereocenters. The van der Waals surface area contributed by atoms with E-state index in [9.17, 15) is 4.79 Å². The van der Waals surface area contributed by atoms with Gasteiger partial charge in [-0.05, 0) is 0 Å². The van der Waals surface area contributed by atoms with Crippen LogP contribution in [0.25, 0.3) is 0 Å². The van der Waals surface area contributed by atoms with E-state index in [1.165, 1.54) is 11.0 Å². The van der Waals surface area contributed by atoms with Gasteiger partial charge in [-0.15, -0.1) is 12.2 Å². The molecular weight excluding hydrogens is 210 g/mol. The zero-order chi connectivity index (χ0) is 11.5. The molecule has 2 rings (SSSR count). The maximum Gasteiger partial charge on any atom is 0.372 e. The zero-order valence-electron chi connectivity index (χ0n) is 8.87. The SMILES string of the molecule is COC1C=C[C-]([N+]2=COC(CO)C2=O)C=C1. The van der Waals surface area contributed by atoms with Gasteiger partial charge in [0.05, 0.1) is 6.61 Å². The first-order chi connectivity index (χ1) is 7.76. The molecule has 0 aromatic rings. The first-order valence-electron chi connectivity index (χ1n) is 4.95. The van der Waals surface area contributed by atoms with Gasteiger partial charge in [0.25, 0.3) is 6.40 Å². The monoisotopic (exact) mass is 223 g/mol. The van der Waals surface area contributed by atoms with Crippen LogP contribution in [0.2, 0.25) is 0 Å². The van der Waals surface area contributed by atoms with E-state index in [1.54, 1.807) is 19.3 Å². The Morgan fingerprint density at radius 2 is 2.25 bits per heavy atom. The van der Waals surface area contributed by atoms with Crippen LogP contribution in [0, 0.1) is 6.04 Å². The lowest BCUT2D eigenvalue weighted by Gasteiger charge is -2.16. The van der Waals surface area contributed by atoms with Crippen molar-refractivity contribution < 1.29 is 24.0 Å². The average molecular weight is 223 g/mol. The van der Waals surface area contributed by atoms with E-state index in [0.29, 0.717) is 6.04 Å². The van der Waals surface area contributed by atoms with Crippen LogP contribution in [0.15, 0.2) is 24.3 Å². The molecule has 86 valence electrons. The Kier molecular flexibility index (Phi) is 3.07. The van der Waals surface area contributed by atoms with Crippen LogP contribution in [0.5, 0.6) is 0 Å². The zero-order valence-corrected chi connectivity index (χ0v) is 8.87. The molecule has 2 aliphatic rings. The fourth-order valence-electron chi connectivity index (χ4n) is 1.53. The predicted octanol–water partition coefficient (Wildman–Crippen LogP) is -0.382. The first kappa shape index (κ1) is 10.9. The lowest BCUT2D eigenvalue weighted by Crippen LogP contribution is -2.30. The van der Waals surface area contributed by atoms with Gasteiger partial charge in [0.15, 0.2) is 0 Å². The van der Waals surface area contributed by atoms with Crippen LogP contribution in [-0.4, -0.2) is 47.9 Å². The third-order valence-corrected chi connectivity index (χ3v) is 2.47. The van der Waals surface area contributed by atoms with Crippen molar-refractivity contribution in [3.05, 3.63) is 30.3 Å². The second-order valence-electron chi connectivity index (χ2n) is 3.46. The number of amides is 1. The Bertz CT molecular complexity index is 358. The molecule has 1 amide bonds. The lowest BCUT2D eigenvalue weighted by atomic mass is 10.1. The molecule has 1 heterocycles. The summed E-state index contributed by atoms with van der Waals surface area (Å²) in [6.45, 7) is -0.312. The number of aliphatic hydroxyl groups excluding tert-OH is 1. The van der Waals surface area contributed by atoms with Crippen LogP contribution in [0.3, 0.4) is 0 Å². The van der Waals surface area contributed by atoms with Gasteiger partial charge in [-0.3, -0.25) is 4.79 Å². The van der Waals surface area contributed by atoms with Crippen molar-refractivity contribution in [2.24, 2.45) is 0 Å². The van der Waals surface area contributed by atoms with E-state index in [4.69, 9.17) is 14.6 Å². The van der Waals surface area contributed by atoms with E-state index in [1.807, 2.05) is 12.2 Å². The number of methoxy groups -OCH3 is 1. The lowest BCUT2D eigenvalue weighted by molar-refractivity contribution is -0.412. The van der Waals surface area contributed by atoms with E-state index in [-0.39, 0.29) is 18.6 Å². The van der Waals surface area contributed by atoms with Gasteiger partial charge in [-0.1, -0.05) is 12.2 Å². The highest BCUT2D eigenvalue weighted by molar-refractivity contribution is 5.81. The van der Waals surface area contributed by atoms with Gasteiger partial charge in [-0.25, -0.2) is 0 Å². The normalized spacial score (nSPS) is 24.9. The molecule has 0 radical (unpaired) electrons. The third-order valence-electron chi connectivity index (χ3n) is 2.47. The van der Waals surface area contributed by atoms with Crippen molar-refractivity contribution in [2.45, 2.75) is 12.2 Å². The molecule has 0 spiro atoms. The van der Waals surface area contributed by atoms with Crippen LogP contribution < -0.4 is 0 Å². The Hall–Kier alpha value is -1.59. The number of aliphatic hydroxyl groups is 1. The summed E-state index contributed by atoms with van der Waals surface area (Å²) in [7, 11) is 1.61. The Morgan fingerprint density at radius 1 is 1.56 bits per heavy atom. The molecule has 0 saturated carbocycles. The highest BCUT2D eigenvalue weighted by atomic mass is 16.5. The number of carbonyl (C=O) groups is 1. The van der Waals surface area contributed by atoms with Crippen molar-refractivity contribution in [1.82, 2.24) is 0 Å². The van der Waals surface area contributed by atoms with Gasteiger partial charge in [0.2, 0.25) is 6.10 Å². The molecule has 1 aliphatic carbocycles. The van der Waals surface area contributed by atoms with Crippen LogP contribution in [0.4, 0.5) is 0 Å². The molecule has 5 nitrogen and oxygen atoms in total. The fraction of sp³-hybridized carbons (Fsp3) is 0.364. The van der Waals surface area contributed by atoms with Crippen molar-refractivity contribution in [2.75, 3.05) is 13.7 Å². The summed E-state index contributed by atoms with van der Waals surface area (Å²) in [4.78, 5) is 11.7. The number of carbonyl (C=O) groups excluding carboxylic acids is 1. The summed E-state index contributed by atoms with van der Waals surface area (Å²) in [6, 6.07) is 0.703. The molecule has 0 aromatic carbocycles. The maximum atomic E-state index is 11.7. The minimum absolute atomic E-state index is 0.0592. The van der Waals surface area contributed by atoms with E-state index < -0.39 is 6.10 Å². The van der Waals surface area contributed by atoms with Gasteiger partial charge >= 0.3 is 5.91 Å². The highest BCUT2D eigenvalue weighted by Crippen LogP contribution is 2.18. The van der Waals surface area contributed by atoms with E-state index in [0.717, 1.165) is 0 Å². The number of ether oxygens (including phenoxy) is 2. The minimum atomic E-state index is -0.783. The fourth-order valence-corrected chi connectivity index (χ4v) is 1.53. The molecule has 5 heteroatoms.